The molecular formula is C13H13N3O5. The number of rotatable bonds is 5. The van der Waals surface area contributed by atoms with Crippen molar-refractivity contribution in [1.82, 2.24) is 10.2 Å². The minimum absolute atomic E-state index is 0.111. The summed E-state index contributed by atoms with van der Waals surface area (Å²) in [4.78, 5) is 45.9. The van der Waals surface area contributed by atoms with Gasteiger partial charge in [0.1, 0.15) is 6.54 Å². The van der Waals surface area contributed by atoms with Crippen molar-refractivity contribution >= 4 is 29.5 Å². The first-order chi connectivity index (χ1) is 9.95. The monoisotopic (exact) mass is 291 g/mol. The van der Waals surface area contributed by atoms with Crippen molar-refractivity contribution in [1.29, 1.82) is 0 Å². The number of nitrogens with one attached hydrogen (secondary N) is 2. The first-order valence-corrected chi connectivity index (χ1v) is 6.14. The van der Waals surface area contributed by atoms with Crippen LogP contribution in [0, 0.1) is 0 Å². The highest BCUT2D eigenvalue weighted by Crippen LogP contribution is 2.11. The Morgan fingerprint density at radius 2 is 2.10 bits per heavy atom. The molecule has 2 rings (SSSR count). The van der Waals surface area contributed by atoms with E-state index >= 15 is 0 Å². The van der Waals surface area contributed by atoms with Crippen LogP contribution >= 0.6 is 0 Å². The fraction of sp³-hybridized carbons (Fsp3) is 0.231. The van der Waals surface area contributed by atoms with Crippen LogP contribution in [0.25, 0.3) is 0 Å². The van der Waals surface area contributed by atoms with Gasteiger partial charge in [0.2, 0.25) is 5.91 Å². The maximum Gasteiger partial charge on any atom is 0.325 e. The van der Waals surface area contributed by atoms with Crippen LogP contribution in [0.5, 0.6) is 0 Å². The van der Waals surface area contributed by atoms with Crippen LogP contribution in [-0.2, 0) is 20.8 Å². The predicted molar refractivity (Wildman–Crippen MR) is 71.5 cm³/mol. The van der Waals surface area contributed by atoms with Crippen molar-refractivity contribution in [3.8, 4) is 0 Å². The maximum atomic E-state index is 11.8. The second-order valence-corrected chi connectivity index (χ2v) is 4.46. The Labute approximate surface area is 119 Å². The van der Waals surface area contributed by atoms with Crippen LogP contribution in [0.4, 0.5) is 10.5 Å². The van der Waals surface area contributed by atoms with Crippen molar-refractivity contribution in [3.63, 3.8) is 0 Å². The molecule has 1 aromatic carbocycles. The zero-order valence-corrected chi connectivity index (χ0v) is 11.0. The molecule has 0 aromatic heterocycles. The molecule has 0 aliphatic carbocycles. The number of amides is 4. The number of urea groups is 1. The second kappa shape index (κ2) is 6.04. The highest BCUT2D eigenvalue weighted by molar-refractivity contribution is 6.06. The molecule has 21 heavy (non-hydrogen) atoms. The Balaban J connectivity index is 1.98. The zero-order valence-electron chi connectivity index (χ0n) is 11.0. The van der Waals surface area contributed by atoms with Crippen molar-refractivity contribution in [3.05, 3.63) is 29.8 Å². The Hall–Kier alpha value is -2.90. The van der Waals surface area contributed by atoms with E-state index in [-0.39, 0.29) is 19.5 Å². The number of hydrogen-bond donors (Lipinski definition) is 3. The number of aliphatic carboxylic acids is 1. The fourth-order valence-corrected chi connectivity index (χ4v) is 1.89. The van der Waals surface area contributed by atoms with Crippen LogP contribution in [0.1, 0.15) is 5.56 Å². The summed E-state index contributed by atoms with van der Waals surface area (Å²) >= 11 is 0. The van der Waals surface area contributed by atoms with E-state index in [4.69, 9.17) is 5.11 Å². The van der Waals surface area contributed by atoms with Gasteiger partial charge in [-0.3, -0.25) is 19.3 Å². The summed E-state index contributed by atoms with van der Waals surface area (Å²) in [5.41, 5.74) is 0.945. The van der Waals surface area contributed by atoms with E-state index in [1.807, 2.05) is 0 Å². The zero-order chi connectivity index (χ0) is 15.4. The lowest BCUT2D eigenvalue weighted by molar-refractivity contribution is -0.136. The summed E-state index contributed by atoms with van der Waals surface area (Å²) in [6.45, 7) is -0.492. The topological polar surface area (TPSA) is 116 Å². The fourth-order valence-electron chi connectivity index (χ4n) is 1.89. The number of nitrogens with zero attached hydrogens (tertiary/aromatic N) is 1. The second-order valence-electron chi connectivity index (χ2n) is 4.46. The highest BCUT2D eigenvalue weighted by atomic mass is 16.4. The molecule has 1 aliphatic heterocycles. The van der Waals surface area contributed by atoms with Gasteiger partial charge in [-0.2, -0.15) is 0 Å². The molecule has 8 heteroatoms. The third-order valence-electron chi connectivity index (χ3n) is 2.80. The summed E-state index contributed by atoms with van der Waals surface area (Å²) in [6.07, 6.45) is -0.156. The lowest BCUT2D eigenvalue weighted by Crippen LogP contribution is -2.38. The van der Waals surface area contributed by atoms with E-state index in [0.29, 0.717) is 11.3 Å². The average molecular weight is 291 g/mol. The summed E-state index contributed by atoms with van der Waals surface area (Å²) in [5.74, 6) is -1.97. The van der Waals surface area contributed by atoms with Crippen LogP contribution < -0.4 is 10.6 Å². The van der Waals surface area contributed by atoms with E-state index in [2.05, 4.69) is 10.6 Å². The molecular weight excluding hydrogens is 278 g/mol. The van der Waals surface area contributed by atoms with Crippen LogP contribution in [0.15, 0.2) is 24.3 Å². The van der Waals surface area contributed by atoms with Gasteiger partial charge in [-0.15, -0.1) is 0 Å². The molecule has 0 saturated carbocycles. The Morgan fingerprint density at radius 3 is 2.71 bits per heavy atom. The van der Waals surface area contributed by atoms with Gasteiger partial charge in [0, 0.05) is 5.69 Å². The largest absolute Gasteiger partial charge is 0.481 e. The lowest BCUT2D eigenvalue weighted by atomic mass is 10.1. The minimum Gasteiger partial charge on any atom is -0.481 e. The number of hydrogen-bond acceptors (Lipinski definition) is 4. The van der Waals surface area contributed by atoms with Gasteiger partial charge in [0.15, 0.2) is 0 Å². The van der Waals surface area contributed by atoms with Gasteiger partial charge < -0.3 is 15.7 Å². The Bertz CT molecular complexity index is 598. The van der Waals surface area contributed by atoms with Gasteiger partial charge in [-0.25, -0.2) is 4.79 Å². The molecule has 0 atom stereocenters. The van der Waals surface area contributed by atoms with E-state index < -0.39 is 23.8 Å². The predicted octanol–water partition coefficient (Wildman–Crippen LogP) is -0.196. The number of carboxylic acid groups (broad SMARTS) is 1. The molecule has 0 unspecified atom stereocenters. The summed E-state index contributed by atoms with van der Waals surface area (Å²) in [6, 6.07) is 5.75. The van der Waals surface area contributed by atoms with Crippen molar-refractivity contribution in [2.24, 2.45) is 0 Å². The maximum absolute atomic E-state index is 11.8. The Morgan fingerprint density at radius 1 is 1.33 bits per heavy atom. The molecule has 1 saturated heterocycles. The number of imide groups is 1. The third kappa shape index (κ3) is 3.78. The lowest BCUT2D eigenvalue weighted by Gasteiger charge is -2.12. The van der Waals surface area contributed by atoms with Crippen molar-refractivity contribution in [2.45, 2.75) is 6.42 Å². The number of benzene rings is 1. The molecule has 1 fully saturated rings. The number of carbonyl (C=O) groups excluding carboxylic acids is 3. The molecule has 1 heterocycles. The van der Waals surface area contributed by atoms with Crippen LogP contribution in [0.2, 0.25) is 0 Å². The summed E-state index contributed by atoms with van der Waals surface area (Å²) in [5, 5.41) is 13.5. The number of anilines is 1. The highest BCUT2D eigenvalue weighted by Gasteiger charge is 2.30. The quantitative estimate of drug-likeness (QED) is 0.650. The number of carboxylic acids is 1. The van der Waals surface area contributed by atoms with Gasteiger partial charge in [-0.05, 0) is 17.7 Å². The molecule has 4 amide bonds. The molecule has 8 nitrogen and oxygen atoms in total. The minimum atomic E-state index is -0.974. The summed E-state index contributed by atoms with van der Waals surface area (Å²) in [7, 11) is 0. The molecule has 110 valence electrons. The van der Waals surface area contributed by atoms with Gasteiger partial charge in [0.05, 0.1) is 13.0 Å². The first kappa shape index (κ1) is 14.5. The molecule has 1 aliphatic rings. The standard InChI is InChI=1S/C13H13N3O5/c17-10(7-16-11(18)6-14-13(16)21)15-9-3-1-2-8(4-9)5-12(19)20/h1-4H,5-7H2,(H,14,21)(H,15,17)(H,19,20). The average Bonchev–Trinajstić information content (AvgIpc) is 2.70. The van der Waals surface area contributed by atoms with E-state index in [1.54, 1.807) is 18.2 Å². The van der Waals surface area contributed by atoms with E-state index in [9.17, 15) is 19.2 Å². The third-order valence-corrected chi connectivity index (χ3v) is 2.80. The molecule has 3 N–H and O–H groups in total. The first-order valence-electron chi connectivity index (χ1n) is 6.14. The normalized spacial score (nSPS) is 14.0. The van der Waals surface area contributed by atoms with E-state index in [0.717, 1.165) is 4.90 Å². The van der Waals surface area contributed by atoms with Crippen LogP contribution in [-0.4, -0.2) is 46.9 Å². The summed E-state index contributed by atoms with van der Waals surface area (Å²) < 4.78 is 0. The molecule has 0 spiro atoms. The van der Waals surface area contributed by atoms with Gasteiger partial charge >= 0.3 is 12.0 Å². The van der Waals surface area contributed by atoms with E-state index in [1.165, 1.54) is 6.07 Å². The van der Waals surface area contributed by atoms with Crippen LogP contribution in [0.3, 0.4) is 0 Å². The Kier molecular flexibility index (Phi) is 4.17. The smallest absolute Gasteiger partial charge is 0.325 e. The molecule has 0 radical (unpaired) electrons. The SMILES string of the molecule is O=C(O)Cc1cccc(NC(=O)CN2C(=O)CNC2=O)c1. The number of carbonyl (C=O) groups is 4. The van der Waals surface area contributed by atoms with Gasteiger partial charge in [-0.1, -0.05) is 12.1 Å². The van der Waals surface area contributed by atoms with Crippen molar-refractivity contribution < 1.29 is 24.3 Å². The molecule has 1 aromatic rings. The molecule has 0 bridgehead atoms. The van der Waals surface area contributed by atoms with Gasteiger partial charge in [0.25, 0.3) is 5.91 Å². The van der Waals surface area contributed by atoms with Crippen molar-refractivity contribution in [2.75, 3.05) is 18.4 Å².